The number of rotatable bonds is 6. The number of hydrogen-bond donors (Lipinski definition) is 1. The lowest BCUT2D eigenvalue weighted by molar-refractivity contribution is 0.178. The van der Waals surface area contributed by atoms with Gasteiger partial charge in [-0.15, -0.1) is 0 Å². The fourth-order valence-electron chi connectivity index (χ4n) is 2.22. The van der Waals surface area contributed by atoms with Crippen molar-refractivity contribution in [3.63, 3.8) is 0 Å². The number of aliphatic hydroxyl groups is 1. The highest BCUT2D eigenvalue weighted by Crippen LogP contribution is 2.32. The van der Waals surface area contributed by atoms with Crippen molar-refractivity contribution in [1.82, 2.24) is 4.31 Å². The van der Waals surface area contributed by atoms with Gasteiger partial charge >= 0.3 is 0 Å². The van der Waals surface area contributed by atoms with E-state index in [2.05, 4.69) is 15.9 Å². The molecule has 0 unspecified atom stereocenters. The van der Waals surface area contributed by atoms with Crippen LogP contribution in [0.3, 0.4) is 0 Å². The van der Waals surface area contributed by atoms with Gasteiger partial charge in [0.2, 0.25) is 10.0 Å². The van der Waals surface area contributed by atoms with E-state index in [1.54, 1.807) is 6.07 Å². The van der Waals surface area contributed by atoms with Gasteiger partial charge in [0.25, 0.3) is 0 Å². The van der Waals surface area contributed by atoms with E-state index in [0.29, 0.717) is 10.2 Å². The molecule has 0 saturated heterocycles. The van der Waals surface area contributed by atoms with E-state index in [1.165, 1.54) is 23.5 Å². The van der Waals surface area contributed by atoms with E-state index in [0.717, 1.165) is 19.3 Å². The first-order chi connectivity index (χ1) is 9.50. The predicted molar refractivity (Wildman–Crippen MR) is 79.3 cm³/mol. The summed E-state index contributed by atoms with van der Waals surface area (Å²) in [7, 11) is -2.05. The minimum absolute atomic E-state index is 0.00743. The van der Waals surface area contributed by atoms with E-state index in [1.807, 2.05) is 0 Å². The average Bonchev–Trinajstić information content (AvgIpc) is 2.36. The van der Waals surface area contributed by atoms with Crippen molar-refractivity contribution in [2.45, 2.75) is 30.2 Å². The first kappa shape index (κ1) is 15.8. The maximum absolute atomic E-state index is 12.7. The van der Waals surface area contributed by atoms with Crippen molar-refractivity contribution in [2.24, 2.45) is 0 Å². The van der Waals surface area contributed by atoms with Gasteiger partial charge in [0.1, 0.15) is 5.75 Å². The van der Waals surface area contributed by atoms with Crippen molar-refractivity contribution in [1.29, 1.82) is 0 Å². The average molecular weight is 364 g/mol. The van der Waals surface area contributed by atoms with Crippen molar-refractivity contribution in [3.05, 3.63) is 22.7 Å². The molecule has 5 nitrogen and oxygen atoms in total. The first-order valence-electron chi connectivity index (χ1n) is 6.47. The lowest BCUT2D eigenvalue weighted by Crippen LogP contribution is -2.45. The molecule has 0 radical (unpaired) electrons. The third-order valence-corrected chi connectivity index (χ3v) is 6.10. The Morgan fingerprint density at radius 2 is 2.15 bits per heavy atom. The van der Waals surface area contributed by atoms with Crippen molar-refractivity contribution in [3.8, 4) is 5.75 Å². The highest BCUT2D eigenvalue weighted by Gasteiger charge is 2.34. The maximum Gasteiger partial charge on any atom is 0.243 e. The standard InChI is InChI=1S/C13H18BrNO4S/c1-19-13-6-5-11(9-12(13)14)20(17,18)15(7-8-16)10-3-2-4-10/h5-6,9-10,16H,2-4,7-8H2,1H3. The van der Waals surface area contributed by atoms with Gasteiger partial charge in [-0.25, -0.2) is 8.42 Å². The second-order valence-electron chi connectivity index (χ2n) is 4.72. The summed E-state index contributed by atoms with van der Waals surface area (Å²) in [6, 6.07) is 4.70. The molecule has 2 rings (SSSR count). The van der Waals surface area contributed by atoms with Gasteiger partial charge in [0.15, 0.2) is 0 Å². The Kier molecular flexibility index (Phi) is 5.06. The van der Waals surface area contributed by atoms with Gasteiger partial charge in [0.05, 0.1) is 23.1 Å². The van der Waals surface area contributed by atoms with E-state index in [-0.39, 0.29) is 24.1 Å². The molecule has 0 spiro atoms. The molecule has 20 heavy (non-hydrogen) atoms. The Labute approximate surface area is 127 Å². The number of sulfonamides is 1. The van der Waals surface area contributed by atoms with E-state index in [9.17, 15) is 8.42 Å². The van der Waals surface area contributed by atoms with Gasteiger partial charge < -0.3 is 9.84 Å². The summed E-state index contributed by atoms with van der Waals surface area (Å²) in [4.78, 5) is 0.213. The van der Waals surface area contributed by atoms with Crippen LogP contribution in [0.1, 0.15) is 19.3 Å². The lowest BCUT2D eigenvalue weighted by Gasteiger charge is -2.36. The molecule has 0 aliphatic heterocycles. The molecule has 0 aromatic heterocycles. The highest BCUT2D eigenvalue weighted by atomic mass is 79.9. The number of benzene rings is 1. The topological polar surface area (TPSA) is 66.8 Å². The highest BCUT2D eigenvalue weighted by molar-refractivity contribution is 9.10. The van der Waals surface area contributed by atoms with Gasteiger partial charge in [-0.05, 0) is 47.0 Å². The van der Waals surface area contributed by atoms with Crippen LogP contribution in [0.2, 0.25) is 0 Å². The number of nitrogens with zero attached hydrogens (tertiary/aromatic N) is 1. The van der Waals surface area contributed by atoms with Gasteiger partial charge in [-0.2, -0.15) is 4.31 Å². The third-order valence-electron chi connectivity index (χ3n) is 3.53. The minimum atomic E-state index is -3.58. The van der Waals surface area contributed by atoms with E-state index < -0.39 is 10.0 Å². The van der Waals surface area contributed by atoms with Crippen LogP contribution >= 0.6 is 15.9 Å². The molecule has 0 amide bonds. The molecule has 1 aromatic rings. The molecule has 0 bridgehead atoms. The largest absolute Gasteiger partial charge is 0.496 e. The van der Waals surface area contributed by atoms with Crippen LogP contribution in [0.15, 0.2) is 27.6 Å². The van der Waals surface area contributed by atoms with Crippen LogP contribution in [-0.2, 0) is 10.0 Å². The molecule has 7 heteroatoms. The summed E-state index contributed by atoms with van der Waals surface area (Å²) in [6.45, 7) is -0.0380. The molecule has 1 aromatic carbocycles. The normalized spacial score (nSPS) is 16.2. The SMILES string of the molecule is COc1ccc(S(=O)(=O)N(CCO)C2CCC2)cc1Br. The predicted octanol–water partition coefficient (Wildman–Crippen LogP) is 1.99. The number of aliphatic hydroxyl groups excluding tert-OH is 1. The molecular weight excluding hydrogens is 346 g/mol. The Morgan fingerprint density at radius 1 is 1.45 bits per heavy atom. The smallest absolute Gasteiger partial charge is 0.243 e. The Morgan fingerprint density at radius 3 is 2.60 bits per heavy atom. The molecule has 112 valence electrons. The zero-order valence-electron chi connectivity index (χ0n) is 11.3. The summed E-state index contributed by atoms with van der Waals surface area (Å²) in [5.74, 6) is 0.585. The monoisotopic (exact) mass is 363 g/mol. The van der Waals surface area contributed by atoms with E-state index in [4.69, 9.17) is 9.84 Å². The Bertz CT molecular complexity index is 572. The third kappa shape index (κ3) is 3.00. The first-order valence-corrected chi connectivity index (χ1v) is 8.70. The zero-order valence-corrected chi connectivity index (χ0v) is 13.7. The van der Waals surface area contributed by atoms with Crippen molar-refractivity contribution < 1.29 is 18.3 Å². The minimum Gasteiger partial charge on any atom is -0.496 e. The van der Waals surface area contributed by atoms with E-state index >= 15 is 0 Å². The summed E-state index contributed by atoms with van der Waals surface area (Å²) in [6.07, 6.45) is 2.75. The molecule has 0 heterocycles. The van der Waals surface area contributed by atoms with Crippen LogP contribution in [0, 0.1) is 0 Å². The molecule has 1 fully saturated rings. The molecule has 1 aliphatic rings. The Hall–Kier alpha value is -0.630. The van der Waals surface area contributed by atoms with Crippen LogP contribution < -0.4 is 4.74 Å². The molecule has 1 saturated carbocycles. The molecule has 0 atom stereocenters. The van der Waals surface area contributed by atoms with Crippen molar-refractivity contribution >= 4 is 26.0 Å². The number of methoxy groups -OCH3 is 1. The van der Waals surface area contributed by atoms with Crippen LogP contribution in [-0.4, -0.2) is 44.1 Å². The Balaban J connectivity index is 2.34. The molecule has 1 N–H and O–H groups in total. The van der Waals surface area contributed by atoms with Crippen LogP contribution in [0.5, 0.6) is 5.75 Å². The summed E-state index contributed by atoms with van der Waals surface area (Å²) in [5.41, 5.74) is 0. The summed E-state index contributed by atoms with van der Waals surface area (Å²) >= 11 is 3.30. The summed E-state index contributed by atoms with van der Waals surface area (Å²) < 4.78 is 32.4. The number of halogens is 1. The van der Waals surface area contributed by atoms with Crippen molar-refractivity contribution in [2.75, 3.05) is 20.3 Å². The van der Waals surface area contributed by atoms with Crippen LogP contribution in [0.25, 0.3) is 0 Å². The zero-order chi connectivity index (χ0) is 14.8. The fraction of sp³-hybridized carbons (Fsp3) is 0.538. The fourth-order valence-corrected chi connectivity index (χ4v) is 4.61. The number of hydrogen-bond acceptors (Lipinski definition) is 4. The lowest BCUT2D eigenvalue weighted by atomic mass is 9.93. The second kappa shape index (κ2) is 6.43. The van der Waals surface area contributed by atoms with Gasteiger partial charge in [-0.3, -0.25) is 0 Å². The maximum atomic E-state index is 12.7. The quantitative estimate of drug-likeness (QED) is 0.839. The summed E-state index contributed by atoms with van der Waals surface area (Å²) in [5, 5.41) is 9.12. The molecular formula is C13H18BrNO4S. The van der Waals surface area contributed by atoms with Gasteiger partial charge in [-0.1, -0.05) is 6.42 Å². The van der Waals surface area contributed by atoms with Crippen LogP contribution in [0.4, 0.5) is 0 Å². The molecule has 1 aliphatic carbocycles. The van der Waals surface area contributed by atoms with Gasteiger partial charge in [0, 0.05) is 12.6 Å². The second-order valence-corrected chi connectivity index (χ2v) is 7.47. The number of ether oxygens (including phenoxy) is 1.